The van der Waals surface area contributed by atoms with E-state index < -0.39 is 12.0 Å². The Balaban J connectivity index is 2.24. The summed E-state index contributed by atoms with van der Waals surface area (Å²) in [7, 11) is 0. The van der Waals surface area contributed by atoms with Crippen molar-refractivity contribution in [2.24, 2.45) is 5.92 Å². The Kier molecular flexibility index (Phi) is 4.30. The summed E-state index contributed by atoms with van der Waals surface area (Å²) in [5.74, 6) is -0.478. The average molecular weight is 271 g/mol. The molecule has 0 radical (unpaired) electrons. The minimum atomic E-state index is -0.896. The van der Waals surface area contributed by atoms with Gasteiger partial charge in [-0.2, -0.15) is 0 Å². The number of nitrogens with one attached hydrogen (secondary N) is 1. The van der Waals surface area contributed by atoms with Gasteiger partial charge in [-0.25, -0.2) is 9.78 Å². The summed E-state index contributed by atoms with van der Waals surface area (Å²) in [4.78, 5) is 19.7. The van der Waals surface area contributed by atoms with Crippen LogP contribution in [0.25, 0.3) is 11.3 Å². The van der Waals surface area contributed by atoms with E-state index >= 15 is 0 Å². The molecule has 0 aliphatic heterocycles. The van der Waals surface area contributed by atoms with Crippen LogP contribution in [0, 0.1) is 5.92 Å². The highest BCUT2D eigenvalue weighted by Crippen LogP contribution is 2.18. The van der Waals surface area contributed by atoms with Crippen LogP contribution < -0.4 is 5.32 Å². The maximum absolute atomic E-state index is 11.2. The second-order valence-corrected chi connectivity index (χ2v) is 4.86. The summed E-state index contributed by atoms with van der Waals surface area (Å²) >= 11 is 0. The lowest BCUT2D eigenvalue weighted by Crippen LogP contribution is -2.34. The van der Waals surface area contributed by atoms with Gasteiger partial charge in [-0.3, -0.25) is 4.98 Å². The molecule has 5 nitrogen and oxygen atoms in total. The number of hydrogen-bond donors (Lipinski definition) is 2. The smallest absolute Gasteiger partial charge is 0.326 e. The van der Waals surface area contributed by atoms with Gasteiger partial charge in [-0.15, -0.1) is 0 Å². The van der Waals surface area contributed by atoms with E-state index in [4.69, 9.17) is 0 Å². The number of rotatable bonds is 5. The number of hydrogen-bond acceptors (Lipinski definition) is 4. The lowest BCUT2D eigenvalue weighted by Gasteiger charge is -2.18. The van der Waals surface area contributed by atoms with Gasteiger partial charge in [0, 0.05) is 5.56 Å². The van der Waals surface area contributed by atoms with Gasteiger partial charge in [0.2, 0.25) is 0 Å². The van der Waals surface area contributed by atoms with Crippen LogP contribution in [0.1, 0.15) is 13.8 Å². The van der Waals surface area contributed by atoms with Crippen LogP contribution in [-0.2, 0) is 4.79 Å². The molecule has 2 rings (SSSR count). The lowest BCUT2D eigenvalue weighted by molar-refractivity contribution is -0.138. The van der Waals surface area contributed by atoms with Crippen LogP contribution >= 0.6 is 0 Å². The fourth-order valence-corrected chi connectivity index (χ4v) is 1.86. The zero-order valence-electron chi connectivity index (χ0n) is 11.4. The number of anilines is 1. The summed E-state index contributed by atoms with van der Waals surface area (Å²) in [6.07, 6.45) is 3.19. The topological polar surface area (TPSA) is 75.1 Å². The predicted octanol–water partition coefficient (Wildman–Crippen LogP) is 2.66. The zero-order chi connectivity index (χ0) is 14.5. The molecule has 1 aromatic heterocycles. The van der Waals surface area contributed by atoms with Crippen LogP contribution in [0.4, 0.5) is 5.82 Å². The first kappa shape index (κ1) is 14.0. The van der Waals surface area contributed by atoms with Crippen molar-refractivity contribution in [2.45, 2.75) is 19.9 Å². The molecule has 0 saturated heterocycles. The van der Waals surface area contributed by atoms with Crippen molar-refractivity contribution >= 4 is 11.8 Å². The van der Waals surface area contributed by atoms with Crippen LogP contribution in [0.2, 0.25) is 0 Å². The van der Waals surface area contributed by atoms with Crippen LogP contribution in [0.3, 0.4) is 0 Å². The Morgan fingerprint density at radius 2 is 1.90 bits per heavy atom. The number of aliphatic carboxylic acids is 1. The number of nitrogens with zero attached hydrogens (tertiary/aromatic N) is 2. The highest BCUT2D eigenvalue weighted by atomic mass is 16.4. The molecule has 0 fully saturated rings. The van der Waals surface area contributed by atoms with E-state index in [1.807, 2.05) is 44.2 Å². The van der Waals surface area contributed by atoms with Gasteiger partial charge in [-0.05, 0) is 5.92 Å². The minimum Gasteiger partial charge on any atom is -0.480 e. The molecule has 1 heterocycles. The fourth-order valence-electron chi connectivity index (χ4n) is 1.86. The van der Waals surface area contributed by atoms with Crippen molar-refractivity contribution < 1.29 is 9.90 Å². The molecule has 0 spiro atoms. The second-order valence-electron chi connectivity index (χ2n) is 4.86. The van der Waals surface area contributed by atoms with E-state index in [1.54, 1.807) is 6.20 Å². The van der Waals surface area contributed by atoms with Crippen molar-refractivity contribution in [1.29, 1.82) is 0 Å². The van der Waals surface area contributed by atoms with E-state index in [9.17, 15) is 9.90 Å². The quantitative estimate of drug-likeness (QED) is 0.874. The summed E-state index contributed by atoms with van der Waals surface area (Å²) in [6, 6.07) is 8.96. The third-order valence-electron chi connectivity index (χ3n) is 2.94. The van der Waals surface area contributed by atoms with Gasteiger partial charge >= 0.3 is 5.97 Å². The molecule has 104 valence electrons. The molecule has 0 saturated carbocycles. The molecule has 20 heavy (non-hydrogen) atoms. The third-order valence-corrected chi connectivity index (χ3v) is 2.94. The number of carbonyl (C=O) groups is 1. The van der Waals surface area contributed by atoms with Gasteiger partial charge in [0.05, 0.1) is 18.1 Å². The molecule has 2 N–H and O–H groups in total. The first-order valence-electron chi connectivity index (χ1n) is 6.44. The summed E-state index contributed by atoms with van der Waals surface area (Å²) in [5.41, 5.74) is 1.66. The molecule has 1 aromatic carbocycles. The molecular weight excluding hydrogens is 254 g/mol. The Bertz CT molecular complexity index is 585. The molecule has 0 amide bonds. The number of aromatic nitrogens is 2. The van der Waals surface area contributed by atoms with Gasteiger partial charge in [0.15, 0.2) is 0 Å². The van der Waals surface area contributed by atoms with Crippen molar-refractivity contribution in [1.82, 2.24) is 9.97 Å². The average Bonchev–Trinajstić information content (AvgIpc) is 2.45. The first-order chi connectivity index (χ1) is 9.58. The first-order valence-corrected chi connectivity index (χ1v) is 6.44. The van der Waals surface area contributed by atoms with Crippen molar-refractivity contribution in [3.8, 4) is 11.3 Å². The van der Waals surface area contributed by atoms with Gasteiger partial charge in [0.25, 0.3) is 0 Å². The third kappa shape index (κ3) is 3.32. The van der Waals surface area contributed by atoms with Gasteiger partial charge in [-0.1, -0.05) is 44.2 Å². The molecule has 1 atom stereocenters. The Morgan fingerprint density at radius 3 is 2.50 bits per heavy atom. The predicted molar refractivity (Wildman–Crippen MR) is 77.4 cm³/mol. The minimum absolute atomic E-state index is 0.0466. The molecule has 0 aliphatic rings. The maximum atomic E-state index is 11.2. The van der Waals surface area contributed by atoms with Gasteiger partial charge < -0.3 is 10.4 Å². The summed E-state index contributed by atoms with van der Waals surface area (Å²) < 4.78 is 0. The Hall–Kier alpha value is -2.43. The van der Waals surface area contributed by atoms with E-state index in [-0.39, 0.29) is 5.92 Å². The van der Waals surface area contributed by atoms with Crippen LogP contribution in [0.5, 0.6) is 0 Å². The van der Waals surface area contributed by atoms with Crippen LogP contribution in [-0.4, -0.2) is 27.1 Å². The van der Waals surface area contributed by atoms with Gasteiger partial charge in [0.1, 0.15) is 11.9 Å². The number of carboxylic acid groups (broad SMARTS) is 1. The summed E-state index contributed by atoms with van der Waals surface area (Å²) in [6.45, 7) is 3.69. The lowest BCUT2D eigenvalue weighted by atomic mass is 10.1. The normalized spacial score (nSPS) is 12.2. The largest absolute Gasteiger partial charge is 0.480 e. The summed E-state index contributed by atoms with van der Waals surface area (Å²) in [5, 5.41) is 12.1. The van der Waals surface area contributed by atoms with Crippen LogP contribution in [0.15, 0.2) is 42.7 Å². The molecule has 0 unspecified atom stereocenters. The van der Waals surface area contributed by atoms with Crippen molar-refractivity contribution in [2.75, 3.05) is 5.32 Å². The van der Waals surface area contributed by atoms with E-state index in [0.717, 1.165) is 5.56 Å². The molecule has 5 heteroatoms. The monoisotopic (exact) mass is 271 g/mol. The number of benzene rings is 1. The highest BCUT2D eigenvalue weighted by Gasteiger charge is 2.21. The Labute approximate surface area is 117 Å². The molecule has 2 aromatic rings. The van der Waals surface area contributed by atoms with E-state index in [0.29, 0.717) is 11.5 Å². The van der Waals surface area contributed by atoms with Crippen molar-refractivity contribution in [3.05, 3.63) is 42.7 Å². The van der Waals surface area contributed by atoms with E-state index in [1.165, 1.54) is 6.20 Å². The molecule has 0 bridgehead atoms. The Morgan fingerprint density at radius 1 is 1.20 bits per heavy atom. The highest BCUT2D eigenvalue weighted by molar-refractivity contribution is 5.77. The van der Waals surface area contributed by atoms with E-state index in [2.05, 4.69) is 15.3 Å². The second kappa shape index (κ2) is 6.14. The number of carboxylic acids is 1. The van der Waals surface area contributed by atoms with Crippen molar-refractivity contribution in [3.63, 3.8) is 0 Å². The zero-order valence-corrected chi connectivity index (χ0v) is 11.4. The fraction of sp³-hybridized carbons (Fsp3) is 0.267. The maximum Gasteiger partial charge on any atom is 0.326 e. The molecule has 0 aliphatic carbocycles. The standard InChI is InChI=1S/C15H17N3O2/c1-10(2)14(15(19)20)18-13-9-16-8-12(17-13)11-6-4-3-5-7-11/h3-10,14H,1-2H3,(H,17,18)(H,19,20)/t14-/m1/s1. The molecular formula is C15H17N3O2. The SMILES string of the molecule is CC(C)[C@@H](Nc1cncc(-c2ccccc2)n1)C(=O)O.